The normalized spacial score (nSPS) is 18.9. The molecule has 2 rings (SSSR count). The fourth-order valence-electron chi connectivity index (χ4n) is 2.83. The molecule has 1 N–H and O–H groups in total. The molecule has 21 heavy (non-hydrogen) atoms. The molecule has 0 aromatic carbocycles. The molecule has 0 amide bonds. The monoisotopic (exact) mass is 294 g/mol. The zero-order valence-electron chi connectivity index (χ0n) is 14.0. The number of hydrogen-bond donors (Lipinski definition) is 1. The lowest BCUT2D eigenvalue weighted by Crippen LogP contribution is -2.47. The van der Waals surface area contributed by atoms with Crippen LogP contribution in [0.3, 0.4) is 0 Å². The van der Waals surface area contributed by atoms with E-state index in [0.717, 1.165) is 57.8 Å². The van der Waals surface area contributed by atoms with Gasteiger partial charge in [0.15, 0.2) is 0 Å². The van der Waals surface area contributed by atoms with Crippen molar-refractivity contribution in [1.29, 1.82) is 0 Å². The van der Waals surface area contributed by atoms with Crippen LogP contribution in [0.15, 0.2) is 6.33 Å². The number of aromatic nitrogens is 3. The number of ether oxygens (including phenoxy) is 1. The Bertz CT molecular complexity index is 430. The Labute approximate surface area is 128 Å². The SMILES string of the molecule is CCCn1ncnc1CC1(CNC(C)(C)C)CCOCC1. The van der Waals surface area contributed by atoms with Gasteiger partial charge >= 0.3 is 0 Å². The Morgan fingerprint density at radius 1 is 1.33 bits per heavy atom. The van der Waals surface area contributed by atoms with Gasteiger partial charge in [-0.15, -0.1) is 0 Å². The summed E-state index contributed by atoms with van der Waals surface area (Å²) in [6, 6.07) is 0. The lowest BCUT2D eigenvalue weighted by atomic mass is 9.76. The van der Waals surface area contributed by atoms with Crippen molar-refractivity contribution >= 4 is 0 Å². The molecular weight excluding hydrogens is 264 g/mol. The Kier molecular flexibility index (Phi) is 5.38. The highest BCUT2D eigenvalue weighted by atomic mass is 16.5. The zero-order chi connectivity index (χ0) is 15.3. The lowest BCUT2D eigenvalue weighted by Gasteiger charge is -2.39. The van der Waals surface area contributed by atoms with Crippen LogP contribution in [-0.4, -0.2) is 40.1 Å². The van der Waals surface area contributed by atoms with E-state index in [4.69, 9.17) is 4.74 Å². The Morgan fingerprint density at radius 3 is 2.67 bits per heavy atom. The molecule has 1 aromatic rings. The van der Waals surface area contributed by atoms with E-state index in [1.807, 2.05) is 0 Å². The molecule has 0 unspecified atom stereocenters. The molecule has 2 heterocycles. The number of nitrogens with zero attached hydrogens (tertiary/aromatic N) is 3. The number of nitrogens with one attached hydrogen (secondary N) is 1. The third-order valence-electron chi connectivity index (χ3n) is 4.21. The summed E-state index contributed by atoms with van der Waals surface area (Å²) < 4.78 is 7.65. The van der Waals surface area contributed by atoms with E-state index >= 15 is 0 Å². The molecule has 120 valence electrons. The van der Waals surface area contributed by atoms with Crippen LogP contribution in [-0.2, 0) is 17.7 Å². The average molecular weight is 294 g/mol. The molecule has 1 fully saturated rings. The smallest absolute Gasteiger partial charge is 0.138 e. The van der Waals surface area contributed by atoms with Crippen LogP contribution >= 0.6 is 0 Å². The second kappa shape index (κ2) is 6.88. The van der Waals surface area contributed by atoms with Crippen molar-refractivity contribution in [2.45, 2.75) is 65.5 Å². The van der Waals surface area contributed by atoms with Gasteiger partial charge in [-0.05, 0) is 45.4 Å². The minimum atomic E-state index is 0.141. The molecule has 1 aliphatic rings. The van der Waals surface area contributed by atoms with Crippen LogP contribution in [0.25, 0.3) is 0 Å². The molecule has 0 atom stereocenters. The molecule has 0 spiro atoms. The summed E-state index contributed by atoms with van der Waals surface area (Å²) in [6.07, 6.45) is 5.95. The van der Waals surface area contributed by atoms with Crippen molar-refractivity contribution in [3.63, 3.8) is 0 Å². The summed E-state index contributed by atoms with van der Waals surface area (Å²) in [4.78, 5) is 4.50. The second-order valence-electron chi connectivity index (χ2n) is 7.29. The highest BCUT2D eigenvalue weighted by Gasteiger charge is 2.35. The van der Waals surface area contributed by atoms with Crippen molar-refractivity contribution < 1.29 is 4.74 Å². The van der Waals surface area contributed by atoms with Gasteiger partial charge in [0.05, 0.1) is 0 Å². The highest BCUT2D eigenvalue weighted by Crippen LogP contribution is 2.33. The molecular formula is C16H30N4O. The van der Waals surface area contributed by atoms with Crippen molar-refractivity contribution in [3.8, 4) is 0 Å². The zero-order valence-corrected chi connectivity index (χ0v) is 14.0. The largest absolute Gasteiger partial charge is 0.381 e. The van der Waals surface area contributed by atoms with Crippen LogP contribution in [0.5, 0.6) is 0 Å². The van der Waals surface area contributed by atoms with E-state index < -0.39 is 0 Å². The second-order valence-corrected chi connectivity index (χ2v) is 7.29. The van der Waals surface area contributed by atoms with Gasteiger partial charge in [0.25, 0.3) is 0 Å². The summed E-state index contributed by atoms with van der Waals surface area (Å²) in [5, 5.41) is 8.05. The third kappa shape index (κ3) is 4.78. The van der Waals surface area contributed by atoms with Crippen molar-refractivity contribution in [2.24, 2.45) is 5.41 Å². The van der Waals surface area contributed by atoms with Crippen LogP contribution < -0.4 is 5.32 Å². The van der Waals surface area contributed by atoms with Gasteiger partial charge in [0.2, 0.25) is 0 Å². The fourth-order valence-corrected chi connectivity index (χ4v) is 2.83. The predicted octanol–water partition coefficient (Wildman–Crippen LogP) is 2.42. The van der Waals surface area contributed by atoms with Gasteiger partial charge in [0, 0.05) is 38.3 Å². The first-order valence-electron chi connectivity index (χ1n) is 8.14. The first-order chi connectivity index (χ1) is 9.94. The summed E-state index contributed by atoms with van der Waals surface area (Å²) in [6.45, 7) is 12.5. The summed E-state index contributed by atoms with van der Waals surface area (Å²) >= 11 is 0. The van der Waals surface area contributed by atoms with Crippen LogP contribution in [0.1, 0.15) is 52.8 Å². The summed E-state index contributed by atoms with van der Waals surface area (Å²) in [5.41, 5.74) is 0.381. The van der Waals surface area contributed by atoms with Crippen molar-refractivity contribution in [2.75, 3.05) is 19.8 Å². The number of hydrogen-bond acceptors (Lipinski definition) is 4. The van der Waals surface area contributed by atoms with Crippen LogP contribution in [0, 0.1) is 5.41 Å². The first kappa shape index (κ1) is 16.4. The molecule has 0 bridgehead atoms. The van der Waals surface area contributed by atoms with Crippen molar-refractivity contribution in [1.82, 2.24) is 20.1 Å². The van der Waals surface area contributed by atoms with Crippen molar-refractivity contribution in [3.05, 3.63) is 12.2 Å². The highest BCUT2D eigenvalue weighted by molar-refractivity contribution is 4.97. The Balaban J connectivity index is 2.10. The maximum atomic E-state index is 5.58. The van der Waals surface area contributed by atoms with E-state index in [2.05, 4.69) is 47.8 Å². The van der Waals surface area contributed by atoms with Crippen LogP contribution in [0.4, 0.5) is 0 Å². The fraction of sp³-hybridized carbons (Fsp3) is 0.875. The third-order valence-corrected chi connectivity index (χ3v) is 4.21. The van der Waals surface area contributed by atoms with E-state index in [0.29, 0.717) is 0 Å². The molecule has 5 nitrogen and oxygen atoms in total. The first-order valence-corrected chi connectivity index (χ1v) is 8.14. The Hall–Kier alpha value is -0.940. The minimum absolute atomic E-state index is 0.141. The minimum Gasteiger partial charge on any atom is -0.381 e. The average Bonchev–Trinajstić information content (AvgIpc) is 2.85. The van der Waals surface area contributed by atoms with Gasteiger partial charge in [-0.3, -0.25) is 4.68 Å². The molecule has 1 saturated heterocycles. The van der Waals surface area contributed by atoms with Crippen LogP contribution in [0.2, 0.25) is 0 Å². The molecule has 0 aliphatic carbocycles. The quantitative estimate of drug-likeness (QED) is 0.875. The maximum Gasteiger partial charge on any atom is 0.138 e. The van der Waals surface area contributed by atoms with Gasteiger partial charge < -0.3 is 10.1 Å². The van der Waals surface area contributed by atoms with Gasteiger partial charge in [0.1, 0.15) is 12.2 Å². The lowest BCUT2D eigenvalue weighted by molar-refractivity contribution is 0.0107. The summed E-state index contributed by atoms with van der Waals surface area (Å²) in [5.74, 6) is 1.12. The Morgan fingerprint density at radius 2 is 2.05 bits per heavy atom. The van der Waals surface area contributed by atoms with Gasteiger partial charge in [-0.1, -0.05) is 6.92 Å². The van der Waals surface area contributed by atoms with E-state index in [1.54, 1.807) is 6.33 Å². The van der Waals surface area contributed by atoms with E-state index in [-0.39, 0.29) is 11.0 Å². The molecule has 5 heteroatoms. The molecule has 1 aliphatic heterocycles. The number of aryl methyl sites for hydroxylation is 1. The molecule has 1 aromatic heterocycles. The predicted molar refractivity (Wildman–Crippen MR) is 84.3 cm³/mol. The summed E-state index contributed by atoms with van der Waals surface area (Å²) in [7, 11) is 0. The van der Waals surface area contributed by atoms with Gasteiger partial charge in [-0.2, -0.15) is 5.10 Å². The molecule has 0 radical (unpaired) electrons. The van der Waals surface area contributed by atoms with E-state index in [1.165, 1.54) is 0 Å². The standard InChI is InChI=1S/C16H30N4O/c1-5-8-20-14(17-13-19-20)11-16(6-9-21-10-7-16)12-18-15(2,3)4/h13,18H,5-12H2,1-4H3. The maximum absolute atomic E-state index is 5.58. The molecule has 0 saturated carbocycles. The number of rotatable bonds is 6. The van der Waals surface area contributed by atoms with E-state index in [9.17, 15) is 0 Å². The topological polar surface area (TPSA) is 52.0 Å². The van der Waals surface area contributed by atoms with Gasteiger partial charge in [-0.25, -0.2) is 4.98 Å².